The van der Waals surface area contributed by atoms with E-state index in [0.29, 0.717) is 0 Å². The summed E-state index contributed by atoms with van der Waals surface area (Å²) in [6, 6.07) is 8.53. The first-order valence-electron chi connectivity index (χ1n) is 6.77. The summed E-state index contributed by atoms with van der Waals surface area (Å²) in [5.41, 5.74) is 2.64. The van der Waals surface area contributed by atoms with Gasteiger partial charge in [-0.1, -0.05) is 18.2 Å². The van der Waals surface area contributed by atoms with E-state index in [9.17, 15) is 0 Å². The molecule has 1 aromatic carbocycles. The Morgan fingerprint density at radius 1 is 1.33 bits per heavy atom. The second kappa shape index (κ2) is 5.12. The molecule has 0 saturated carbocycles. The number of aromatic nitrogens is 1. The second-order valence-electron chi connectivity index (χ2n) is 5.42. The van der Waals surface area contributed by atoms with Gasteiger partial charge in [0.2, 0.25) is 0 Å². The molecule has 1 atom stereocenters. The van der Waals surface area contributed by atoms with Gasteiger partial charge in [0, 0.05) is 30.2 Å². The molecule has 2 heterocycles. The molecule has 0 spiro atoms. The average molecular weight is 243 g/mol. The fraction of sp³-hybridized carbons (Fsp3) is 0.467. The Kier molecular flexibility index (Phi) is 3.35. The zero-order valence-corrected chi connectivity index (χ0v) is 10.9. The standard InChI is InChI=1S/C15H21N3/c1-18(10-12-6-7-16-8-12)11-13-9-17-15-5-3-2-4-14(13)15/h2-5,9,12,16-17H,6-8,10-11H2,1H3. The molecule has 0 amide bonds. The van der Waals surface area contributed by atoms with E-state index in [0.717, 1.165) is 12.5 Å². The first kappa shape index (κ1) is 11.8. The number of nitrogens with zero attached hydrogens (tertiary/aromatic N) is 1. The molecule has 1 saturated heterocycles. The lowest BCUT2D eigenvalue weighted by molar-refractivity contribution is 0.279. The van der Waals surface area contributed by atoms with Crippen LogP contribution in [-0.4, -0.2) is 36.6 Å². The van der Waals surface area contributed by atoms with E-state index in [1.165, 1.54) is 42.5 Å². The van der Waals surface area contributed by atoms with Crippen LogP contribution in [0.3, 0.4) is 0 Å². The summed E-state index contributed by atoms with van der Waals surface area (Å²) in [6.07, 6.45) is 3.46. The van der Waals surface area contributed by atoms with E-state index < -0.39 is 0 Å². The third-order valence-corrected chi connectivity index (χ3v) is 3.85. The van der Waals surface area contributed by atoms with Gasteiger partial charge in [0.15, 0.2) is 0 Å². The van der Waals surface area contributed by atoms with E-state index in [2.05, 4.69) is 52.7 Å². The molecule has 1 aromatic heterocycles. The van der Waals surface area contributed by atoms with Gasteiger partial charge in [0.1, 0.15) is 0 Å². The monoisotopic (exact) mass is 243 g/mol. The minimum absolute atomic E-state index is 0.820. The summed E-state index contributed by atoms with van der Waals surface area (Å²) in [5, 5.41) is 4.79. The highest BCUT2D eigenvalue weighted by atomic mass is 15.1. The quantitative estimate of drug-likeness (QED) is 0.862. The predicted molar refractivity (Wildman–Crippen MR) is 75.6 cm³/mol. The van der Waals surface area contributed by atoms with Crippen LogP contribution in [0.25, 0.3) is 10.9 Å². The number of nitrogens with one attached hydrogen (secondary N) is 2. The highest BCUT2D eigenvalue weighted by molar-refractivity contribution is 5.82. The van der Waals surface area contributed by atoms with Crippen LogP contribution in [-0.2, 0) is 6.54 Å². The van der Waals surface area contributed by atoms with Crippen LogP contribution in [0.1, 0.15) is 12.0 Å². The van der Waals surface area contributed by atoms with E-state index >= 15 is 0 Å². The van der Waals surface area contributed by atoms with Crippen molar-refractivity contribution in [3.63, 3.8) is 0 Å². The molecule has 1 aliphatic rings. The molecule has 18 heavy (non-hydrogen) atoms. The lowest BCUT2D eigenvalue weighted by Gasteiger charge is -2.20. The minimum atomic E-state index is 0.820. The second-order valence-corrected chi connectivity index (χ2v) is 5.42. The van der Waals surface area contributed by atoms with E-state index in [1.54, 1.807) is 0 Å². The molecule has 1 unspecified atom stereocenters. The Morgan fingerprint density at radius 2 is 2.22 bits per heavy atom. The van der Waals surface area contributed by atoms with Gasteiger partial charge in [-0.05, 0) is 44.1 Å². The van der Waals surface area contributed by atoms with Gasteiger partial charge in [-0.25, -0.2) is 0 Å². The Hall–Kier alpha value is -1.32. The lowest BCUT2D eigenvalue weighted by atomic mass is 10.1. The van der Waals surface area contributed by atoms with Crippen LogP contribution in [0.4, 0.5) is 0 Å². The third kappa shape index (κ3) is 2.42. The molecule has 2 aromatic rings. The van der Waals surface area contributed by atoms with Gasteiger partial charge in [-0.15, -0.1) is 0 Å². The molecule has 0 bridgehead atoms. The smallest absolute Gasteiger partial charge is 0.0457 e. The maximum atomic E-state index is 3.43. The molecule has 96 valence electrons. The molecule has 0 aliphatic carbocycles. The van der Waals surface area contributed by atoms with Gasteiger partial charge in [-0.2, -0.15) is 0 Å². The van der Waals surface area contributed by atoms with E-state index in [1.807, 2.05) is 0 Å². The van der Waals surface area contributed by atoms with Gasteiger partial charge in [0.05, 0.1) is 0 Å². The summed E-state index contributed by atoms with van der Waals surface area (Å²) >= 11 is 0. The van der Waals surface area contributed by atoms with Crippen molar-refractivity contribution in [2.24, 2.45) is 5.92 Å². The first-order valence-corrected chi connectivity index (χ1v) is 6.77. The van der Waals surface area contributed by atoms with Gasteiger partial charge < -0.3 is 15.2 Å². The van der Waals surface area contributed by atoms with Crippen molar-refractivity contribution in [3.05, 3.63) is 36.0 Å². The largest absolute Gasteiger partial charge is 0.361 e. The number of hydrogen-bond donors (Lipinski definition) is 2. The summed E-state index contributed by atoms with van der Waals surface area (Å²) in [5.74, 6) is 0.820. The Balaban J connectivity index is 1.67. The first-order chi connectivity index (χ1) is 8.83. The zero-order valence-electron chi connectivity index (χ0n) is 10.9. The summed E-state index contributed by atoms with van der Waals surface area (Å²) in [6.45, 7) is 4.58. The number of para-hydroxylation sites is 1. The van der Waals surface area contributed by atoms with Gasteiger partial charge in [0.25, 0.3) is 0 Å². The molecule has 3 nitrogen and oxygen atoms in total. The number of benzene rings is 1. The zero-order chi connectivity index (χ0) is 12.4. The lowest BCUT2D eigenvalue weighted by Crippen LogP contribution is -2.26. The summed E-state index contributed by atoms with van der Waals surface area (Å²) < 4.78 is 0. The average Bonchev–Trinajstić information content (AvgIpc) is 3.00. The summed E-state index contributed by atoms with van der Waals surface area (Å²) in [7, 11) is 2.22. The van der Waals surface area contributed by atoms with Crippen molar-refractivity contribution in [1.82, 2.24) is 15.2 Å². The van der Waals surface area contributed by atoms with Crippen molar-refractivity contribution in [1.29, 1.82) is 0 Å². The number of H-pyrrole nitrogens is 1. The normalized spacial score (nSPS) is 20.0. The topological polar surface area (TPSA) is 31.1 Å². The number of hydrogen-bond acceptors (Lipinski definition) is 2. The van der Waals surface area contributed by atoms with Crippen LogP contribution in [0, 0.1) is 5.92 Å². The van der Waals surface area contributed by atoms with Crippen molar-refractivity contribution in [2.75, 3.05) is 26.7 Å². The molecule has 3 rings (SSSR count). The molecular weight excluding hydrogens is 222 g/mol. The van der Waals surface area contributed by atoms with Crippen molar-refractivity contribution < 1.29 is 0 Å². The van der Waals surface area contributed by atoms with Crippen LogP contribution in [0.15, 0.2) is 30.5 Å². The molecule has 2 N–H and O–H groups in total. The molecule has 1 aliphatic heterocycles. The molecule has 0 radical (unpaired) electrons. The fourth-order valence-corrected chi connectivity index (χ4v) is 2.93. The Bertz CT molecular complexity index is 511. The van der Waals surface area contributed by atoms with Crippen LogP contribution in [0.5, 0.6) is 0 Å². The number of aromatic amines is 1. The maximum Gasteiger partial charge on any atom is 0.0457 e. The van der Waals surface area contributed by atoms with Gasteiger partial charge >= 0.3 is 0 Å². The summed E-state index contributed by atoms with van der Waals surface area (Å²) in [4.78, 5) is 5.79. The highest BCUT2D eigenvalue weighted by Crippen LogP contribution is 2.19. The third-order valence-electron chi connectivity index (χ3n) is 3.85. The Morgan fingerprint density at radius 3 is 3.06 bits per heavy atom. The fourth-order valence-electron chi connectivity index (χ4n) is 2.93. The predicted octanol–water partition coefficient (Wildman–Crippen LogP) is 2.21. The van der Waals surface area contributed by atoms with E-state index in [4.69, 9.17) is 0 Å². The van der Waals surface area contributed by atoms with Crippen molar-refractivity contribution in [3.8, 4) is 0 Å². The molecule has 1 fully saturated rings. The molecular formula is C15H21N3. The Labute approximate surface area is 108 Å². The van der Waals surface area contributed by atoms with Crippen LogP contribution < -0.4 is 5.32 Å². The number of fused-ring (bicyclic) bond motifs is 1. The number of rotatable bonds is 4. The van der Waals surface area contributed by atoms with Crippen LogP contribution in [0.2, 0.25) is 0 Å². The van der Waals surface area contributed by atoms with Crippen LogP contribution >= 0.6 is 0 Å². The molecule has 3 heteroatoms. The SMILES string of the molecule is CN(Cc1c[nH]c2ccccc12)CC1CCNC1. The maximum absolute atomic E-state index is 3.43. The van der Waals surface area contributed by atoms with Gasteiger partial charge in [-0.3, -0.25) is 0 Å². The van der Waals surface area contributed by atoms with E-state index in [-0.39, 0.29) is 0 Å². The van der Waals surface area contributed by atoms with Crippen molar-refractivity contribution >= 4 is 10.9 Å². The minimum Gasteiger partial charge on any atom is -0.361 e. The van der Waals surface area contributed by atoms with Crippen molar-refractivity contribution in [2.45, 2.75) is 13.0 Å². The highest BCUT2D eigenvalue weighted by Gasteiger charge is 2.16.